The molecular weight excluding hydrogens is 270 g/mol. The smallest absolute Gasteiger partial charge is 0.255 e. The summed E-state index contributed by atoms with van der Waals surface area (Å²) in [6, 6.07) is 17.1. The number of allylic oxidation sites excluding steroid dienone is 1. The Hall–Kier alpha value is -2.32. The van der Waals surface area contributed by atoms with Crippen LogP contribution in [0.25, 0.3) is 17.0 Å². The Bertz CT molecular complexity index is 787. The molecule has 0 radical (unpaired) electrons. The highest BCUT2D eigenvalue weighted by Gasteiger charge is 2.06. The quantitative estimate of drug-likeness (QED) is 0.627. The molecule has 0 N–H and O–H groups in total. The molecule has 0 aliphatic rings. The van der Waals surface area contributed by atoms with Gasteiger partial charge in [0.2, 0.25) is 0 Å². The molecule has 3 aromatic rings. The van der Waals surface area contributed by atoms with Crippen LogP contribution >= 0.6 is 11.6 Å². The topological polar surface area (TPSA) is 22.0 Å². The number of fused-ring (bicyclic) bond motifs is 1. The van der Waals surface area contributed by atoms with E-state index in [1.165, 1.54) is 0 Å². The second-order valence-electron chi connectivity index (χ2n) is 4.47. The third-order valence-corrected chi connectivity index (χ3v) is 3.34. The maximum absolute atomic E-state index is 12.2. The van der Waals surface area contributed by atoms with Gasteiger partial charge in [-0.25, -0.2) is 0 Å². The summed E-state index contributed by atoms with van der Waals surface area (Å²) in [5, 5.41) is 1.63. The number of rotatable bonds is 2. The van der Waals surface area contributed by atoms with Gasteiger partial charge in [0, 0.05) is 22.7 Å². The summed E-state index contributed by atoms with van der Waals surface area (Å²) in [7, 11) is 0. The van der Waals surface area contributed by atoms with E-state index >= 15 is 0 Å². The molecule has 0 aliphatic carbocycles. The second kappa shape index (κ2) is 5.35. The fourth-order valence-corrected chi connectivity index (χ4v) is 2.30. The van der Waals surface area contributed by atoms with Crippen molar-refractivity contribution in [2.75, 3.05) is 0 Å². The van der Waals surface area contributed by atoms with Crippen molar-refractivity contribution >= 4 is 34.5 Å². The van der Waals surface area contributed by atoms with Gasteiger partial charge in [-0.15, -0.1) is 0 Å². The predicted molar refractivity (Wildman–Crippen MR) is 83.1 cm³/mol. The summed E-state index contributed by atoms with van der Waals surface area (Å²) < 4.78 is 1.62. The molecule has 0 saturated heterocycles. The molecule has 20 heavy (non-hydrogen) atoms. The average Bonchev–Trinajstić information content (AvgIpc) is 2.89. The summed E-state index contributed by atoms with van der Waals surface area (Å²) in [6.45, 7) is 0. The van der Waals surface area contributed by atoms with Crippen molar-refractivity contribution in [2.24, 2.45) is 0 Å². The van der Waals surface area contributed by atoms with Gasteiger partial charge in [0.25, 0.3) is 5.91 Å². The Morgan fingerprint density at radius 3 is 2.65 bits per heavy atom. The summed E-state index contributed by atoms with van der Waals surface area (Å²) in [6.07, 6.45) is 5.14. The number of hydrogen-bond donors (Lipinski definition) is 0. The minimum absolute atomic E-state index is 0.0776. The van der Waals surface area contributed by atoms with E-state index in [1.807, 2.05) is 54.6 Å². The Balaban J connectivity index is 1.91. The maximum Gasteiger partial charge on any atom is 0.255 e. The Labute approximate surface area is 121 Å². The van der Waals surface area contributed by atoms with Gasteiger partial charge >= 0.3 is 0 Å². The van der Waals surface area contributed by atoms with Gasteiger partial charge in [0.1, 0.15) is 0 Å². The SMILES string of the molecule is O=C(/C=C/c1ccccc1)n1ccc2cc(Cl)ccc21. The van der Waals surface area contributed by atoms with Crippen LogP contribution in [0.2, 0.25) is 5.02 Å². The highest BCUT2D eigenvalue weighted by Crippen LogP contribution is 2.20. The molecule has 1 aromatic heterocycles. The number of nitrogens with zero attached hydrogens (tertiary/aromatic N) is 1. The van der Waals surface area contributed by atoms with Crippen molar-refractivity contribution < 1.29 is 4.79 Å². The van der Waals surface area contributed by atoms with Crippen LogP contribution in [0.4, 0.5) is 0 Å². The number of hydrogen-bond acceptors (Lipinski definition) is 1. The van der Waals surface area contributed by atoms with Gasteiger partial charge in [0.15, 0.2) is 0 Å². The van der Waals surface area contributed by atoms with E-state index in [9.17, 15) is 4.79 Å². The van der Waals surface area contributed by atoms with Gasteiger partial charge in [-0.2, -0.15) is 0 Å². The number of benzene rings is 2. The van der Waals surface area contributed by atoms with Gasteiger partial charge < -0.3 is 0 Å². The summed E-state index contributed by atoms with van der Waals surface area (Å²) >= 11 is 5.94. The van der Waals surface area contributed by atoms with E-state index in [0.717, 1.165) is 16.5 Å². The van der Waals surface area contributed by atoms with Crippen LogP contribution in [0, 0.1) is 0 Å². The third kappa shape index (κ3) is 2.51. The van der Waals surface area contributed by atoms with Crippen molar-refractivity contribution in [2.45, 2.75) is 0 Å². The van der Waals surface area contributed by atoms with Crippen molar-refractivity contribution in [3.8, 4) is 0 Å². The van der Waals surface area contributed by atoms with Crippen molar-refractivity contribution in [3.63, 3.8) is 0 Å². The minimum atomic E-state index is -0.0776. The van der Waals surface area contributed by atoms with E-state index in [-0.39, 0.29) is 5.91 Å². The molecule has 98 valence electrons. The van der Waals surface area contributed by atoms with Crippen LogP contribution in [0.1, 0.15) is 10.4 Å². The molecule has 1 heterocycles. The van der Waals surface area contributed by atoms with E-state index in [0.29, 0.717) is 5.02 Å². The maximum atomic E-state index is 12.2. The summed E-state index contributed by atoms with van der Waals surface area (Å²) in [5.74, 6) is -0.0776. The normalized spacial score (nSPS) is 11.2. The molecule has 2 aromatic carbocycles. The zero-order valence-electron chi connectivity index (χ0n) is 10.7. The molecule has 0 atom stereocenters. The number of aromatic nitrogens is 1. The standard InChI is InChI=1S/C17H12ClNO/c18-15-7-8-16-14(12-15)10-11-19(16)17(20)9-6-13-4-2-1-3-5-13/h1-12H/b9-6+. The van der Waals surface area contributed by atoms with Gasteiger partial charge in [-0.1, -0.05) is 41.9 Å². The molecule has 3 rings (SSSR count). The summed E-state index contributed by atoms with van der Waals surface area (Å²) in [4.78, 5) is 12.2. The molecular formula is C17H12ClNO. The third-order valence-electron chi connectivity index (χ3n) is 3.11. The van der Waals surface area contributed by atoms with Crippen LogP contribution in [-0.4, -0.2) is 10.5 Å². The Morgan fingerprint density at radius 2 is 1.85 bits per heavy atom. The molecule has 0 bridgehead atoms. The van der Waals surface area contributed by atoms with Gasteiger partial charge in [-0.3, -0.25) is 9.36 Å². The fraction of sp³-hybridized carbons (Fsp3) is 0. The fourth-order valence-electron chi connectivity index (χ4n) is 2.12. The van der Waals surface area contributed by atoms with Crippen molar-refractivity contribution in [1.82, 2.24) is 4.57 Å². The first-order chi connectivity index (χ1) is 9.74. The van der Waals surface area contributed by atoms with Crippen LogP contribution in [-0.2, 0) is 0 Å². The highest BCUT2D eigenvalue weighted by atomic mass is 35.5. The summed E-state index contributed by atoms with van der Waals surface area (Å²) in [5.41, 5.74) is 1.86. The molecule has 2 nitrogen and oxygen atoms in total. The number of halogens is 1. The van der Waals surface area contributed by atoms with Crippen LogP contribution in [0.3, 0.4) is 0 Å². The van der Waals surface area contributed by atoms with Crippen LogP contribution in [0.15, 0.2) is 66.9 Å². The monoisotopic (exact) mass is 281 g/mol. The average molecular weight is 282 g/mol. The molecule has 0 unspecified atom stereocenters. The minimum Gasteiger partial charge on any atom is -0.284 e. The second-order valence-corrected chi connectivity index (χ2v) is 4.91. The molecule has 0 spiro atoms. The Morgan fingerprint density at radius 1 is 1.05 bits per heavy atom. The number of carbonyl (C=O) groups excluding carboxylic acids is 1. The zero-order chi connectivity index (χ0) is 13.9. The lowest BCUT2D eigenvalue weighted by Crippen LogP contribution is -2.04. The lowest BCUT2D eigenvalue weighted by Gasteiger charge is -2.00. The lowest BCUT2D eigenvalue weighted by atomic mass is 10.2. The predicted octanol–water partition coefficient (Wildman–Crippen LogP) is 4.65. The van der Waals surface area contributed by atoms with E-state index in [1.54, 1.807) is 22.9 Å². The molecule has 0 saturated carbocycles. The first-order valence-electron chi connectivity index (χ1n) is 6.28. The largest absolute Gasteiger partial charge is 0.284 e. The highest BCUT2D eigenvalue weighted by molar-refractivity contribution is 6.31. The van der Waals surface area contributed by atoms with Crippen molar-refractivity contribution in [3.05, 3.63) is 77.5 Å². The van der Waals surface area contributed by atoms with Crippen molar-refractivity contribution in [1.29, 1.82) is 0 Å². The first-order valence-corrected chi connectivity index (χ1v) is 6.66. The van der Waals surface area contributed by atoms with Gasteiger partial charge in [0.05, 0.1) is 5.52 Å². The molecule has 0 aliphatic heterocycles. The lowest BCUT2D eigenvalue weighted by molar-refractivity contribution is 0.0975. The number of carbonyl (C=O) groups is 1. The Kier molecular flexibility index (Phi) is 3.40. The molecule has 3 heteroatoms. The van der Waals surface area contributed by atoms with Gasteiger partial charge in [-0.05, 0) is 35.9 Å². The zero-order valence-corrected chi connectivity index (χ0v) is 11.4. The van der Waals surface area contributed by atoms with Crippen LogP contribution < -0.4 is 0 Å². The molecule has 0 amide bonds. The van der Waals surface area contributed by atoms with Crippen LogP contribution in [0.5, 0.6) is 0 Å². The first kappa shape index (κ1) is 12.7. The van der Waals surface area contributed by atoms with E-state index in [2.05, 4.69) is 0 Å². The van der Waals surface area contributed by atoms with E-state index < -0.39 is 0 Å². The van der Waals surface area contributed by atoms with E-state index in [4.69, 9.17) is 11.6 Å². The molecule has 0 fully saturated rings.